The molecule has 0 aliphatic carbocycles. The Kier molecular flexibility index (Phi) is 4.11. The molecule has 28 heavy (non-hydrogen) atoms. The standard InChI is InChI=1S/C23H18ClNO3/c1-14-21-16(12-25(13-27-21)11-15-6-8-17(24)9-7-15)10-20-18-4-2-3-5-19(18)23(26)28-22(14)20/h2-10H,11-13H2,1H3. The third-order valence-corrected chi connectivity index (χ3v) is 5.52. The summed E-state index contributed by atoms with van der Waals surface area (Å²) in [7, 11) is 0. The quantitative estimate of drug-likeness (QED) is 0.345. The van der Waals surface area contributed by atoms with Gasteiger partial charge in [0.05, 0.1) is 5.39 Å². The summed E-state index contributed by atoms with van der Waals surface area (Å²) in [5.41, 5.74) is 3.45. The van der Waals surface area contributed by atoms with Crippen LogP contribution >= 0.6 is 11.6 Å². The molecule has 3 aromatic carbocycles. The van der Waals surface area contributed by atoms with Crippen LogP contribution in [0.3, 0.4) is 0 Å². The molecule has 0 saturated heterocycles. The maximum atomic E-state index is 12.4. The SMILES string of the molecule is Cc1c2c(cc3c1oc(=O)c1ccccc13)CN(Cc1ccc(Cl)cc1)CO2. The fourth-order valence-electron chi connectivity index (χ4n) is 3.94. The lowest BCUT2D eigenvalue weighted by molar-refractivity contribution is 0.0881. The monoisotopic (exact) mass is 391 g/mol. The Morgan fingerprint density at radius 1 is 1.04 bits per heavy atom. The molecule has 0 bridgehead atoms. The van der Waals surface area contributed by atoms with E-state index in [9.17, 15) is 4.79 Å². The van der Waals surface area contributed by atoms with Crippen LogP contribution in [0.5, 0.6) is 5.75 Å². The number of benzene rings is 3. The van der Waals surface area contributed by atoms with Crippen molar-refractivity contribution in [2.75, 3.05) is 6.73 Å². The van der Waals surface area contributed by atoms with Gasteiger partial charge in [-0.05, 0) is 42.1 Å². The van der Waals surface area contributed by atoms with E-state index >= 15 is 0 Å². The molecule has 0 amide bonds. The highest BCUT2D eigenvalue weighted by molar-refractivity contribution is 6.30. The van der Waals surface area contributed by atoms with Gasteiger partial charge < -0.3 is 9.15 Å². The van der Waals surface area contributed by atoms with Gasteiger partial charge in [0.2, 0.25) is 0 Å². The molecule has 140 valence electrons. The second-order valence-electron chi connectivity index (χ2n) is 7.19. The Bertz CT molecular complexity index is 1260. The highest BCUT2D eigenvalue weighted by Crippen LogP contribution is 2.37. The first kappa shape index (κ1) is 17.3. The van der Waals surface area contributed by atoms with E-state index in [0.717, 1.165) is 45.8 Å². The molecule has 5 heteroatoms. The van der Waals surface area contributed by atoms with Crippen molar-refractivity contribution in [3.63, 3.8) is 0 Å². The van der Waals surface area contributed by atoms with Crippen molar-refractivity contribution in [1.82, 2.24) is 4.90 Å². The van der Waals surface area contributed by atoms with Gasteiger partial charge in [-0.25, -0.2) is 4.79 Å². The van der Waals surface area contributed by atoms with Gasteiger partial charge in [0.25, 0.3) is 0 Å². The van der Waals surface area contributed by atoms with Crippen LogP contribution in [0.4, 0.5) is 0 Å². The normalized spacial score (nSPS) is 14.2. The molecule has 0 N–H and O–H groups in total. The Morgan fingerprint density at radius 2 is 1.79 bits per heavy atom. The number of nitrogens with zero attached hydrogens (tertiary/aromatic N) is 1. The molecule has 0 atom stereocenters. The molecule has 4 nitrogen and oxygen atoms in total. The predicted octanol–water partition coefficient (Wildman–Crippen LogP) is 5.26. The summed E-state index contributed by atoms with van der Waals surface area (Å²) < 4.78 is 11.7. The second-order valence-corrected chi connectivity index (χ2v) is 7.62. The molecule has 0 radical (unpaired) electrons. The molecule has 0 unspecified atom stereocenters. The Labute approximate surface area is 166 Å². The number of ether oxygens (including phenoxy) is 1. The Balaban J connectivity index is 1.58. The fourth-order valence-corrected chi connectivity index (χ4v) is 4.06. The topological polar surface area (TPSA) is 42.7 Å². The maximum absolute atomic E-state index is 12.4. The fraction of sp³-hybridized carbons (Fsp3) is 0.174. The van der Waals surface area contributed by atoms with E-state index in [1.54, 1.807) is 6.07 Å². The molecular weight excluding hydrogens is 374 g/mol. The number of rotatable bonds is 2. The lowest BCUT2D eigenvalue weighted by Crippen LogP contribution is -2.31. The Morgan fingerprint density at radius 3 is 2.57 bits per heavy atom. The van der Waals surface area contributed by atoms with Crippen molar-refractivity contribution in [1.29, 1.82) is 0 Å². The third kappa shape index (κ3) is 2.86. The van der Waals surface area contributed by atoms with Crippen LogP contribution in [0.2, 0.25) is 5.02 Å². The second kappa shape index (κ2) is 6.66. The average molecular weight is 392 g/mol. The van der Waals surface area contributed by atoms with Crippen molar-refractivity contribution >= 4 is 33.3 Å². The zero-order valence-corrected chi connectivity index (χ0v) is 16.1. The molecular formula is C23H18ClNO3. The van der Waals surface area contributed by atoms with E-state index in [1.165, 1.54) is 5.56 Å². The van der Waals surface area contributed by atoms with Crippen molar-refractivity contribution in [2.24, 2.45) is 0 Å². The van der Waals surface area contributed by atoms with Crippen LogP contribution in [0.15, 0.2) is 63.8 Å². The molecule has 0 fully saturated rings. The van der Waals surface area contributed by atoms with Crippen molar-refractivity contribution in [3.8, 4) is 5.75 Å². The first-order valence-electron chi connectivity index (χ1n) is 9.18. The van der Waals surface area contributed by atoms with Gasteiger partial charge in [-0.1, -0.05) is 41.9 Å². The molecule has 4 aromatic rings. The van der Waals surface area contributed by atoms with E-state index in [4.69, 9.17) is 20.8 Å². The van der Waals surface area contributed by atoms with Crippen LogP contribution in [-0.4, -0.2) is 11.6 Å². The summed E-state index contributed by atoms with van der Waals surface area (Å²) in [6.45, 7) is 3.98. The van der Waals surface area contributed by atoms with Crippen LogP contribution in [0.1, 0.15) is 16.7 Å². The molecule has 5 rings (SSSR count). The molecule has 0 spiro atoms. The highest BCUT2D eigenvalue weighted by Gasteiger charge is 2.23. The summed E-state index contributed by atoms with van der Waals surface area (Å²) in [5.74, 6) is 0.818. The predicted molar refractivity (Wildman–Crippen MR) is 111 cm³/mol. The number of halogens is 1. The number of hydrogen-bond acceptors (Lipinski definition) is 4. The average Bonchev–Trinajstić information content (AvgIpc) is 2.71. The van der Waals surface area contributed by atoms with Crippen LogP contribution < -0.4 is 10.4 Å². The highest BCUT2D eigenvalue weighted by atomic mass is 35.5. The van der Waals surface area contributed by atoms with E-state index in [2.05, 4.69) is 11.0 Å². The van der Waals surface area contributed by atoms with E-state index in [0.29, 0.717) is 17.7 Å². The van der Waals surface area contributed by atoms with Crippen molar-refractivity contribution in [3.05, 3.63) is 86.7 Å². The Hall–Kier alpha value is -2.82. The van der Waals surface area contributed by atoms with Crippen LogP contribution in [0.25, 0.3) is 21.7 Å². The minimum atomic E-state index is -0.314. The zero-order chi connectivity index (χ0) is 19.3. The van der Waals surface area contributed by atoms with Crippen molar-refractivity contribution in [2.45, 2.75) is 20.0 Å². The number of hydrogen-bond donors (Lipinski definition) is 0. The van der Waals surface area contributed by atoms with Gasteiger partial charge in [0.15, 0.2) is 0 Å². The molecule has 1 aromatic heterocycles. The first-order valence-corrected chi connectivity index (χ1v) is 9.55. The number of fused-ring (bicyclic) bond motifs is 4. The van der Waals surface area contributed by atoms with E-state index in [1.807, 2.05) is 49.4 Å². The third-order valence-electron chi connectivity index (χ3n) is 5.27. The van der Waals surface area contributed by atoms with Gasteiger partial charge in [0.1, 0.15) is 18.1 Å². The van der Waals surface area contributed by atoms with Crippen molar-refractivity contribution < 1.29 is 9.15 Å². The van der Waals surface area contributed by atoms with Gasteiger partial charge >= 0.3 is 5.63 Å². The van der Waals surface area contributed by atoms with Gasteiger partial charge in [-0.3, -0.25) is 4.90 Å². The molecule has 0 saturated carbocycles. The summed E-state index contributed by atoms with van der Waals surface area (Å²) >= 11 is 5.98. The summed E-state index contributed by atoms with van der Waals surface area (Å²) in [6, 6.07) is 17.5. The largest absolute Gasteiger partial charge is 0.477 e. The minimum absolute atomic E-state index is 0.314. The maximum Gasteiger partial charge on any atom is 0.344 e. The van der Waals surface area contributed by atoms with Crippen LogP contribution in [-0.2, 0) is 13.1 Å². The lowest BCUT2D eigenvalue weighted by Gasteiger charge is -2.30. The summed E-state index contributed by atoms with van der Waals surface area (Å²) in [4.78, 5) is 14.6. The van der Waals surface area contributed by atoms with Crippen LogP contribution in [0, 0.1) is 6.92 Å². The molecule has 1 aliphatic heterocycles. The number of aryl methyl sites for hydroxylation is 1. The summed E-state index contributed by atoms with van der Waals surface area (Å²) in [6.07, 6.45) is 0. The molecule has 1 aliphatic rings. The molecule has 2 heterocycles. The minimum Gasteiger partial charge on any atom is -0.477 e. The van der Waals surface area contributed by atoms with Gasteiger partial charge in [-0.2, -0.15) is 0 Å². The van der Waals surface area contributed by atoms with E-state index in [-0.39, 0.29) is 5.63 Å². The van der Waals surface area contributed by atoms with Gasteiger partial charge in [-0.15, -0.1) is 0 Å². The first-order chi connectivity index (χ1) is 13.6. The van der Waals surface area contributed by atoms with E-state index < -0.39 is 0 Å². The zero-order valence-electron chi connectivity index (χ0n) is 15.4. The van der Waals surface area contributed by atoms with Gasteiger partial charge in [0, 0.05) is 34.6 Å². The summed E-state index contributed by atoms with van der Waals surface area (Å²) in [5, 5.41) is 3.20. The lowest BCUT2D eigenvalue weighted by atomic mass is 10.00. The smallest absolute Gasteiger partial charge is 0.344 e.